The van der Waals surface area contributed by atoms with E-state index in [4.69, 9.17) is 40.2 Å². The molecule has 0 fully saturated rings. The van der Waals surface area contributed by atoms with E-state index in [0.29, 0.717) is 0 Å². The van der Waals surface area contributed by atoms with Crippen molar-refractivity contribution in [2.24, 2.45) is 0 Å². The van der Waals surface area contributed by atoms with E-state index in [0.717, 1.165) is 0 Å². The number of hydrogen-bond acceptors (Lipinski definition) is 8. The fourth-order valence-corrected chi connectivity index (χ4v) is 0. The van der Waals surface area contributed by atoms with Crippen LogP contribution in [0, 0.1) is 0 Å². The van der Waals surface area contributed by atoms with Gasteiger partial charge in [-0.1, -0.05) is 0 Å². The van der Waals surface area contributed by atoms with Crippen LogP contribution in [-0.2, 0) is 0 Å². The summed E-state index contributed by atoms with van der Waals surface area (Å²) in [5, 5.41) is 66.4. The summed E-state index contributed by atoms with van der Waals surface area (Å²) in [6.07, 6.45) is 0. The molecule has 0 amide bonds. The molecule has 0 aliphatic rings. The summed E-state index contributed by atoms with van der Waals surface area (Å²) >= 11 is 0. The fourth-order valence-electron chi connectivity index (χ4n) is 0. The Hall–Kier alpha value is 3.35. The Bertz CT molecular complexity index is 81.5. The first-order chi connectivity index (χ1) is 6.93. The van der Waals surface area contributed by atoms with Crippen LogP contribution in [0.4, 0.5) is 17.3 Å². The van der Waals surface area contributed by atoms with Crippen LogP contribution in [0.15, 0.2) is 0 Å². The van der Waals surface area contributed by atoms with E-state index in [1.807, 2.05) is 0 Å². The van der Waals surface area contributed by atoms with Gasteiger partial charge in [0.15, 0.2) is 0 Å². The maximum atomic E-state index is 9.89. The normalized spacial score (nSPS) is 5.40. The first-order valence-corrected chi connectivity index (χ1v) is 2.76. The molecule has 0 N–H and O–H groups in total. The van der Waals surface area contributed by atoms with Gasteiger partial charge in [0.05, 0.1) is 0 Å². The third kappa shape index (κ3) is 789. The van der Waals surface area contributed by atoms with Crippen LogP contribution in [-0.4, -0.2) is 139 Å². The summed E-state index contributed by atoms with van der Waals surface area (Å²) in [5.41, 5.74) is 0. The Morgan fingerprint density at radius 3 is 0.350 bits per heavy atom. The van der Waals surface area contributed by atoms with E-state index in [1.165, 1.54) is 0 Å². The van der Waals surface area contributed by atoms with Crippen molar-refractivity contribution >= 4 is 139 Å². The second-order valence-electron chi connectivity index (χ2n) is 1.10. The zero-order chi connectivity index (χ0) is 14.3. The van der Waals surface area contributed by atoms with Crippen molar-refractivity contribution in [3.8, 4) is 0 Å². The molecule has 0 heterocycles. The summed E-state index contributed by atoms with van der Waals surface area (Å²) < 4.78 is 39.6. The zero-order valence-electron chi connectivity index (χ0n) is 9.92. The van der Waals surface area contributed by atoms with Crippen molar-refractivity contribution in [3.05, 3.63) is 0 Å². The second-order valence-corrected chi connectivity index (χ2v) is 1.10. The second kappa shape index (κ2) is 43.2. The van der Waals surface area contributed by atoms with Crippen molar-refractivity contribution < 1.29 is 57.5 Å². The van der Waals surface area contributed by atoms with Crippen LogP contribution in [0.2, 0.25) is 0 Å². The third-order valence-electron chi connectivity index (χ3n) is 0. The van der Waals surface area contributed by atoms with E-state index >= 15 is 0 Å². The van der Waals surface area contributed by atoms with Gasteiger partial charge in [0.25, 0.3) is 0 Å². The minimum absolute atomic E-state index is 0. The van der Waals surface area contributed by atoms with E-state index in [2.05, 4.69) is 0 Å². The van der Waals surface area contributed by atoms with Crippen molar-refractivity contribution in [2.45, 2.75) is 0 Å². The topological polar surface area (TPSA) is 184 Å². The average molecular weight is 1080 g/mol. The summed E-state index contributed by atoms with van der Waals surface area (Å²) in [6.45, 7) is 0. The monoisotopic (exact) mass is 1090 g/mol. The number of hydrogen-bond donors (Lipinski definition) is 0. The molecule has 112 valence electrons. The first kappa shape index (κ1) is 49.5. The van der Waals surface area contributed by atoms with Crippen molar-refractivity contribution in [3.63, 3.8) is 0 Å². The molecule has 0 aromatic rings. The molecule has 8 nitrogen and oxygen atoms in total. The molecular weight excluding hydrogens is 1080 g/mol. The molecule has 0 saturated heterocycles. The molecule has 0 rings (SSSR count). The van der Waals surface area contributed by atoms with Crippen LogP contribution in [0.3, 0.4) is 0 Å². The van der Waals surface area contributed by atoms with Gasteiger partial charge in [-0.3, -0.25) is 0 Å². The summed E-state index contributed by atoms with van der Waals surface area (Å²) in [6, 6.07) is 0. The van der Waals surface area contributed by atoms with Crippen molar-refractivity contribution in [2.75, 3.05) is 0 Å². The molecule has 0 radical (unpaired) electrons. The quantitative estimate of drug-likeness (QED) is 0.169. The van der Waals surface area contributed by atoms with Gasteiger partial charge >= 0.3 is 109 Å². The molecule has 0 bridgehead atoms. The molecule has 0 spiro atoms. The van der Waals surface area contributed by atoms with Crippen LogP contribution in [0.1, 0.15) is 0 Å². The zero-order valence-corrected chi connectivity index (χ0v) is 31.9. The maximum absolute atomic E-state index is 9.89. The van der Waals surface area contributed by atoms with Crippen LogP contribution in [0.5, 0.6) is 0 Å². The Morgan fingerprint density at radius 2 is 0.350 bits per heavy atom. The fraction of sp³-hybridized carbons (Fsp3) is 0. The summed E-state index contributed by atoms with van der Waals surface area (Å²) in [4.78, 5) is 0. The van der Waals surface area contributed by atoms with Crippen LogP contribution >= 0.6 is 0 Å². The van der Waals surface area contributed by atoms with E-state index in [9.17, 15) is 17.3 Å². The number of rotatable bonds is 0. The van der Waals surface area contributed by atoms with Gasteiger partial charge in [-0.15, -0.1) is 0 Å². The van der Waals surface area contributed by atoms with Gasteiger partial charge in [-0.25, -0.2) is 0 Å². The van der Waals surface area contributed by atoms with Crippen LogP contribution < -0.4 is 40.2 Å². The van der Waals surface area contributed by atoms with Gasteiger partial charge in [-0.2, -0.15) is 0 Å². The van der Waals surface area contributed by atoms with Crippen molar-refractivity contribution in [1.82, 2.24) is 0 Å². The van der Waals surface area contributed by atoms with Crippen LogP contribution in [0.25, 0.3) is 0 Å². The van der Waals surface area contributed by atoms with E-state index < -0.39 is 29.6 Å². The minimum atomic E-state index is -3.17. The number of halogens is 4. The SMILES string of the molecule is [O-]B([O-])F.[O-]B([O-])F.[O-]B([O-])F.[O-]B([O-])F.[PbH2+2].[PbH2+2].[PbH2+2].[PbH2+2]. The standard InChI is InChI=1S/4BFO2.4Pb.8H/c4*2-1(3)4;;;;;;;;;;;;/q4*-2;4*+2;;;;;;;;. The van der Waals surface area contributed by atoms with Gasteiger partial charge < -0.3 is 57.5 Å². The predicted molar refractivity (Wildman–Crippen MR) is 61.6 cm³/mol. The molecule has 0 aliphatic heterocycles. The van der Waals surface area contributed by atoms with Gasteiger partial charge in [0.2, 0.25) is 0 Å². The Morgan fingerprint density at radius 1 is 0.350 bits per heavy atom. The Kier molecular flexibility index (Phi) is 107. The molecule has 0 aliphatic carbocycles. The van der Waals surface area contributed by atoms with Crippen molar-refractivity contribution in [1.29, 1.82) is 0 Å². The third-order valence-corrected chi connectivity index (χ3v) is 0. The average Bonchev–Trinajstić information content (AvgIpc) is 1.76. The molecule has 0 unspecified atom stereocenters. The molecular formula is H8B4F4O8Pb4. The first-order valence-electron chi connectivity index (χ1n) is 2.76. The Balaban J connectivity index is -0.0000000150. The summed E-state index contributed by atoms with van der Waals surface area (Å²) in [7, 11) is -12.7. The van der Waals surface area contributed by atoms with Gasteiger partial charge in [-0.05, 0) is 0 Å². The van der Waals surface area contributed by atoms with Gasteiger partial charge in [0, 0.05) is 0 Å². The molecule has 20 heteroatoms. The summed E-state index contributed by atoms with van der Waals surface area (Å²) in [5.74, 6) is 0. The van der Waals surface area contributed by atoms with E-state index in [1.54, 1.807) is 0 Å². The Labute approximate surface area is 193 Å². The van der Waals surface area contributed by atoms with E-state index in [-0.39, 0.29) is 109 Å². The molecule has 0 aromatic heterocycles. The predicted octanol–water partition coefficient (Wildman–Crippen LogP) is -13.0. The molecule has 0 atom stereocenters. The molecule has 0 saturated carbocycles. The van der Waals surface area contributed by atoms with Gasteiger partial charge in [0.1, 0.15) is 29.6 Å². The molecule has 0 aromatic carbocycles. The molecule has 20 heavy (non-hydrogen) atoms.